The molecule has 1 fully saturated rings. The van der Waals surface area contributed by atoms with E-state index in [1.807, 2.05) is 0 Å². The van der Waals surface area contributed by atoms with Crippen molar-refractivity contribution < 1.29 is 49.9 Å². The number of amides is 3. The number of benzene rings is 1. The molecule has 0 aliphatic carbocycles. The van der Waals surface area contributed by atoms with E-state index < -0.39 is 76.7 Å². The number of nitrogens with zero attached hydrogens (tertiary/aromatic N) is 9. The summed E-state index contributed by atoms with van der Waals surface area (Å²) in [7, 11) is 1.61. The van der Waals surface area contributed by atoms with Gasteiger partial charge in [0.05, 0.1) is 47.3 Å². The first-order chi connectivity index (χ1) is 28.5. The topological polar surface area (TPSA) is 145 Å². The summed E-state index contributed by atoms with van der Waals surface area (Å²) in [6, 6.07) is 2.05. The Balaban J connectivity index is 1.21. The summed E-state index contributed by atoms with van der Waals surface area (Å²) >= 11 is 0. The molecule has 21 heteroatoms. The van der Waals surface area contributed by atoms with E-state index in [2.05, 4.69) is 25.6 Å². The lowest BCUT2D eigenvalue weighted by atomic mass is 9.90. The minimum atomic E-state index is -4.86. The number of carbonyl (C=O) groups is 3. The van der Waals surface area contributed by atoms with Crippen molar-refractivity contribution in [2.45, 2.75) is 103 Å². The van der Waals surface area contributed by atoms with Crippen molar-refractivity contribution >= 4 is 28.9 Å². The number of pyridine rings is 1. The molecule has 0 saturated carbocycles. The van der Waals surface area contributed by atoms with Gasteiger partial charge in [0.15, 0.2) is 11.5 Å². The highest BCUT2D eigenvalue weighted by Crippen LogP contribution is 2.38. The van der Waals surface area contributed by atoms with E-state index in [0.29, 0.717) is 28.6 Å². The second-order valence-corrected chi connectivity index (χ2v) is 16.8. The van der Waals surface area contributed by atoms with Crippen LogP contribution < -0.4 is 5.32 Å². The van der Waals surface area contributed by atoms with Crippen molar-refractivity contribution in [2.24, 2.45) is 7.05 Å². The van der Waals surface area contributed by atoms with Crippen LogP contribution in [0.2, 0.25) is 0 Å². The highest BCUT2D eigenvalue weighted by Gasteiger charge is 2.43. The highest BCUT2D eigenvalue weighted by molar-refractivity contribution is 6.01. The lowest BCUT2D eigenvalue weighted by Crippen LogP contribution is -2.58. The Morgan fingerprint density at radius 1 is 1.00 bits per heavy atom. The van der Waals surface area contributed by atoms with Crippen molar-refractivity contribution in [3.63, 3.8) is 0 Å². The first kappa shape index (κ1) is 43.1. The first-order valence-electron chi connectivity index (χ1n) is 19.4. The van der Waals surface area contributed by atoms with Crippen LogP contribution in [0.3, 0.4) is 0 Å². The Labute approximate surface area is 344 Å². The van der Waals surface area contributed by atoms with E-state index in [4.69, 9.17) is 4.74 Å². The standard InChI is InChI=1S/C40H43F7N10O4/c1-38(2,3)61-37(60)55-12-7-8-27(55)29-16-31(40(45,46)47)52-57(29)20-39(4,5)51-34(58)30(14-21-17-49-56(19-21)36(43)44)54-13-11-22-23(9-10-24(41)32(22)35(54)59)33-25(42)15-28-26(50-33)18-48-53(28)6/h9-10,15-19,27,30,36H,7-8,11-14,20H2,1-6H3,(H,51,58)/t27?,30-/m1/s1. The molecule has 6 heterocycles. The van der Waals surface area contributed by atoms with Gasteiger partial charge in [-0.05, 0) is 83.2 Å². The Bertz CT molecular complexity index is 2500. The highest BCUT2D eigenvalue weighted by atomic mass is 19.4. The summed E-state index contributed by atoms with van der Waals surface area (Å²) in [5.41, 5.74) is -2.88. The van der Waals surface area contributed by atoms with E-state index in [-0.39, 0.29) is 60.6 Å². The lowest BCUT2D eigenvalue weighted by molar-refractivity contribution is -0.141. The number of carbonyl (C=O) groups excluding carboxylic acids is 3. The quantitative estimate of drug-likeness (QED) is 0.148. The molecule has 0 bridgehead atoms. The van der Waals surface area contributed by atoms with Gasteiger partial charge in [-0.1, -0.05) is 0 Å². The van der Waals surface area contributed by atoms with Crippen LogP contribution in [0.5, 0.6) is 0 Å². The Kier molecular flexibility index (Phi) is 11.1. The third-order valence-corrected chi connectivity index (χ3v) is 10.6. The van der Waals surface area contributed by atoms with Crippen molar-refractivity contribution in [3.8, 4) is 11.3 Å². The number of ether oxygens (including phenoxy) is 1. The predicted octanol–water partition coefficient (Wildman–Crippen LogP) is 7.00. The number of hydrogen-bond acceptors (Lipinski definition) is 8. The molecule has 5 aromatic rings. The van der Waals surface area contributed by atoms with Gasteiger partial charge in [-0.3, -0.25) is 23.9 Å². The maximum Gasteiger partial charge on any atom is 0.435 e. The third-order valence-electron chi connectivity index (χ3n) is 10.6. The molecule has 14 nitrogen and oxygen atoms in total. The summed E-state index contributed by atoms with van der Waals surface area (Å²) in [6.45, 7) is 4.65. The molecule has 2 aliphatic heterocycles. The monoisotopic (exact) mass is 860 g/mol. The molecule has 2 atom stereocenters. The fraction of sp³-hybridized carbons (Fsp3) is 0.475. The van der Waals surface area contributed by atoms with Crippen molar-refractivity contribution in [2.75, 3.05) is 13.1 Å². The molecule has 7 rings (SSSR count). The minimum Gasteiger partial charge on any atom is -0.444 e. The zero-order chi connectivity index (χ0) is 44.3. The number of fused-ring (bicyclic) bond motifs is 2. The van der Waals surface area contributed by atoms with Crippen LogP contribution in [0.15, 0.2) is 42.9 Å². The molecule has 2 aliphatic rings. The molecule has 4 aromatic heterocycles. The number of likely N-dealkylation sites (tertiary alicyclic amines) is 1. The minimum absolute atomic E-state index is 0.0525. The molecule has 1 unspecified atom stereocenters. The largest absolute Gasteiger partial charge is 0.444 e. The molecule has 1 aromatic carbocycles. The van der Waals surface area contributed by atoms with Gasteiger partial charge in [0, 0.05) is 44.4 Å². The van der Waals surface area contributed by atoms with E-state index >= 15 is 8.78 Å². The van der Waals surface area contributed by atoms with Crippen LogP contribution >= 0.6 is 0 Å². The molecule has 3 amide bonds. The number of aromatic nitrogens is 7. The molecule has 326 valence electrons. The predicted molar refractivity (Wildman–Crippen MR) is 204 cm³/mol. The Morgan fingerprint density at radius 3 is 2.41 bits per heavy atom. The van der Waals surface area contributed by atoms with Crippen LogP contribution in [-0.4, -0.2) is 92.3 Å². The number of aryl methyl sites for hydroxylation is 1. The second kappa shape index (κ2) is 15.8. The zero-order valence-corrected chi connectivity index (χ0v) is 34.0. The van der Waals surface area contributed by atoms with Crippen LogP contribution in [0.25, 0.3) is 22.3 Å². The Hall–Kier alpha value is -6.02. The molecule has 1 N–H and O–H groups in total. The summed E-state index contributed by atoms with van der Waals surface area (Å²) < 4.78 is 109. The summed E-state index contributed by atoms with van der Waals surface area (Å²) in [4.78, 5) is 48.8. The average Bonchev–Trinajstić information content (AvgIpc) is 3.97. The molecular formula is C40H43F7N10O4. The maximum atomic E-state index is 15.8. The maximum absolute atomic E-state index is 15.8. The molecule has 0 spiro atoms. The molecule has 1 saturated heterocycles. The summed E-state index contributed by atoms with van der Waals surface area (Å²) in [5.74, 6) is -3.50. The summed E-state index contributed by atoms with van der Waals surface area (Å²) in [6.07, 6.45) is -1.72. The van der Waals surface area contributed by atoms with Gasteiger partial charge in [-0.15, -0.1) is 0 Å². The van der Waals surface area contributed by atoms with Gasteiger partial charge in [-0.25, -0.2) is 23.2 Å². The van der Waals surface area contributed by atoms with E-state index in [1.54, 1.807) is 27.8 Å². The van der Waals surface area contributed by atoms with E-state index in [9.17, 15) is 36.3 Å². The van der Waals surface area contributed by atoms with Gasteiger partial charge in [0.1, 0.15) is 28.7 Å². The van der Waals surface area contributed by atoms with E-state index in [1.165, 1.54) is 41.8 Å². The van der Waals surface area contributed by atoms with Gasteiger partial charge in [-0.2, -0.15) is 37.2 Å². The summed E-state index contributed by atoms with van der Waals surface area (Å²) in [5, 5.41) is 14.4. The third kappa shape index (κ3) is 8.77. The van der Waals surface area contributed by atoms with Gasteiger partial charge in [0.2, 0.25) is 5.91 Å². The molecule has 61 heavy (non-hydrogen) atoms. The van der Waals surface area contributed by atoms with E-state index in [0.717, 1.165) is 34.1 Å². The fourth-order valence-corrected chi connectivity index (χ4v) is 7.91. The molecule has 0 radical (unpaired) electrons. The number of halogens is 7. The number of alkyl halides is 5. The lowest BCUT2D eigenvalue weighted by Gasteiger charge is -2.37. The van der Waals surface area contributed by atoms with Crippen LogP contribution in [0.1, 0.15) is 92.9 Å². The van der Waals surface area contributed by atoms with Crippen molar-refractivity contribution in [1.29, 1.82) is 0 Å². The van der Waals surface area contributed by atoms with Gasteiger partial charge < -0.3 is 15.0 Å². The number of hydrogen-bond donors (Lipinski definition) is 1. The van der Waals surface area contributed by atoms with Crippen LogP contribution in [0.4, 0.5) is 35.5 Å². The van der Waals surface area contributed by atoms with Gasteiger partial charge in [0.25, 0.3) is 5.91 Å². The van der Waals surface area contributed by atoms with Crippen molar-refractivity contribution in [3.05, 3.63) is 82.6 Å². The SMILES string of the molecule is Cn1ncc2nc(-c3ccc(F)c4c3CCN([C@H](Cc3cnn(C(F)F)c3)C(=O)NC(C)(C)Cn3nc(C(F)(F)F)cc3C3CCCN3C(=O)OC(C)(C)C)C4=O)c(F)cc21. The average molecular weight is 861 g/mol. The second-order valence-electron chi connectivity index (χ2n) is 16.8. The van der Waals surface area contributed by atoms with Gasteiger partial charge >= 0.3 is 18.8 Å². The van der Waals surface area contributed by atoms with Crippen LogP contribution in [-0.2, 0) is 42.1 Å². The molecular weight excluding hydrogens is 817 g/mol. The smallest absolute Gasteiger partial charge is 0.435 e. The van der Waals surface area contributed by atoms with Crippen molar-refractivity contribution in [1.82, 2.24) is 49.4 Å². The Morgan fingerprint density at radius 2 is 1.74 bits per heavy atom. The fourth-order valence-electron chi connectivity index (χ4n) is 7.91. The number of rotatable bonds is 10. The zero-order valence-electron chi connectivity index (χ0n) is 34.0. The normalized spacial score (nSPS) is 16.8. The van der Waals surface area contributed by atoms with Crippen LogP contribution in [0, 0.1) is 11.6 Å². The number of nitrogens with one attached hydrogen (secondary N) is 1. The first-order valence-corrected chi connectivity index (χ1v) is 19.4.